The molecule has 2 aromatic heterocycles. The number of benzene rings is 1. The maximum atomic E-state index is 13.9. The Morgan fingerprint density at radius 1 is 0.925 bits per heavy atom. The van der Waals surface area contributed by atoms with E-state index in [1.165, 1.54) is 29.7 Å². The number of carbonyl (C=O) groups excluding carboxylic acids is 2. The van der Waals surface area contributed by atoms with Crippen molar-refractivity contribution in [3.63, 3.8) is 0 Å². The van der Waals surface area contributed by atoms with Gasteiger partial charge in [-0.25, -0.2) is 4.98 Å². The Balaban J connectivity index is 1.35. The SMILES string of the molecule is CC[C@H]1CCCC[C@@H](C)C(=O)C2=CC3C(c4nc5ccc(-c6ccccc6)cn5c4C4CCC[C@H]43)[C@@H]2CC(=O)O1. The summed E-state index contributed by atoms with van der Waals surface area (Å²) in [6, 6.07) is 14.8. The van der Waals surface area contributed by atoms with Crippen LogP contribution in [0.4, 0.5) is 0 Å². The van der Waals surface area contributed by atoms with Crippen LogP contribution in [-0.4, -0.2) is 27.2 Å². The molecule has 1 aromatic carbocycles. The first-order chi connectivity index (χ1) is 19.5. The van der Waals surface area contributed by atoms with Crippen LogP contribution in [0.3, 0.4) is 0 Å². The summed E-state index contributed by atoms with van der Waals surface area (Å²) in [7, 11) is 0. The van der Waals surface area contributed by atoms with Crippen molar-refractivity contribution in [3.8, 4) is 11.1 Å². The quantitative estimate of drug-likeness (QED) is 0.316. The average molecular weight is 537 g/mol. The van der Waals surface area contributed by atoms with Gasteiger partial charge in [0.2, 0.25) is 0 Å². The molecule has 3 heterocycles. The van der Waals surface area contributed by atoms with E-state index in [0.29, 0.717) is 11.8 Å². The maximum Gasteiger partial charge on any atom is 0.306 e. The largest absolute Gasteiger partial charge is 0.462 e. The number of rotatable bonds is 2. The first-order valence-corrected chi connectivity index (χ1v) is 15.6. The van der Waals surface area contributed by atoms with Crippen molar-refractivity contribution in [2.24, 2.45) is 23.7 Å². The van der Waals surface area contributed by atoms with Gasteiger partial charge in [0.1, 0.15) is 11.8 Å². The molecule has 3 unspecified atom stereocenters. The zero-order valence-corrected chi connectivity index (χ0v) is 23.7. The first-order valence-electron chi connectivity index (χ1n) is 15.6. The zero-order valence-electron chi connectivity index (χ0n) is 23.7. The predicted octanol–water partition coefficient (Wildman–Crippen LogP) is 7.65. The van der Waals surface area contributed by atoms with Crippen LogP contribution in [0, 0.1) is 23.7 Å². The van der Waals surface area contributed by atoms with Crippen molar-refractivity contribution in [1.82, 2.24) is 9.38 Å². The van der Waals surface area contributed by atoms with E-state index in [-0.39, 0.29) is 47.9 Å². The summed E-state index contributed by atoms with van der Waals surface area (Å²) in [4.78, 5) is 32.6. The molecule has 208 valence electrons. The fourth-order valence-corrected chi connectivity index (χ4v) is 8.44. The second-order valence-electron chi connectivity index (χ2n) is 12.7. The van der Waals surface area contributed by atoms with Crippen molar-refractivity contribution in [2.45, 2.75) is 89.6 Å². The summed E-state index contributed by atoms with van der Waals surface area (Å²) in [6.07, 6.45) is 12.9. The summed E-state index contributed by atoms with van der Waals surface area (Å²) in [5, 5.41) is 0. The van der Waals surface area contributed by atoms with Gasteiger partial charge in [0.25, 0.3) is 0 Å². The van der Waals surface area contributed by atoms with Crippen molar-refractivity contribution in [3.05, 3.63) is 71.7 Å². The van der Waals surface area contributed by atoms with Crippen molar-refractivity contribution < 1.29 is 14.3 Å². The number of fused-ring (bicyclic) bond motifs is 10. The molecule has 1 saturated heterocycles. The van der Waals surface area contributed by atoms with Gasteiger partial charge in [-0.1, -0.05) is 63.1 Å². The normalized spacial score (nSPS) is 32.2. The monoisotopic (exact) mass is 536 g/mol. The molecule has 3 aliphatic carbocycles. The number of imidazole rings is 1. The Bertz CT molecular complexity index is 1470. The summed E-state index contributed by atoms with van der Waals surface area (Å²) in [5.74, 6) is 1.13. The average Bonchev–Trinajstić information content (AvgIpc) is 3.69. The number of nitrogens with zero attached hydrogens (tertiary/aromatic N) is 2. The van der Waals surface area contributed by atoms with Crippen LogP contribution in [-0.2, 0) is 14.3 Å². The first kappa shape index (κ1) is 25.7. The number of aromatic nitrogens is 2. The molecule has 0 bridgehead atoms. The van der Waals surface area contributed by atoms with E-state index < -0.39 is 0 Å². The number of hydrogen-bond donors (Lipinski definition) is 0. The fraction of sp³-hybridized carbons (Fsp3) is 0.514. The molecule has 5 nitrogen and oxygen atoms in total. The third-order valence-electron chi connectivity index (χ3n) is 10.4. The lowest BCUT2D eigenvalue weighted by Gasteiger charge is -2.38. The summed E-state index contributed by atoms with van der Waals surface area (Å²) >= 11 is 0. The van der Waals surface area contributed by atoms with Crippen molar-refractivity contribution >= 4 is 17.4 Å². The number of pyridine rings is 1. The third kappa shape index (κ3) is 4.24. The van der Waals surface area contributed by atoms with E-state index in [4.69, 9.17) is 9.72 Å². The van der Waals surface area contributed by atoms with Crippen LogP contribution in [0.5, 0.6) is 0 Å². The molecule has 5 heteroatoms. The van der Waals surface area contributed by atoms with Gasteiger partial charge >= 0.3 is 5.97 Å². The van der Waals surface area contributed by atoms with Crippen LogP contribution in [0.25, 0.3) is 16.8 Å². The van der Waals surface area contributed by atoms with Gasteiger partial charge in [0.05, 0.1) is 12.1 Å². The summed E-state index contributed by atoms with van der Waals surface area (Å²) in [6.45, 7) is 4.18. The van der Waals surface area contributed by atoms with E-state index >= 15 is 0 Å². The minimum absolute atomic E-state index is 0.0160. The molecule has 0 N–H and O–H groups in total. The van der Waals surface area contributed by atoms with Gasteiger partial charge in [-0.3, -0.25) is 9.59 Å². The molecule has 0 radical (unpaired) electrons. The van der Waals surface area contributed by atoms with Crippen LogP contribution < -0.4 is 0 Å². The molecule has 40 heavy (non-hydrogen) atoms. The standard InChI is InChI=1S/C35H40N2O3/c1-3-24-13-8-7-10-21(2)35(39)29-18-27-25-14-9-15-26(25)34-33(32(27)28(29)19-31(38)40-24)36-30-17-16-23(20-37(30)34)22-11-5-4-6-12-22/h4-6,11-12,16-18,20-21,24-28,32H,3,7-10,13-15,19H2,1-2H3/t21-,24+,25-,26?,27?,28-,32?/m1/s1. The fourth-order valence-electron chi connectivity index (χ4n) is 8.44. The number of Topliss-reactive ketones (excluding diaryl/α,β-unsaturated/α-hetero) is 1. The number of cyclic esters (lactones) is 1. The van der Waals surface area contributed by atoms with E-state index in [0.717, 1.165) is 55.4 Å². The van der Waals surface area contributed by atoms with Gasteiger partial charge in [0, 0.05) is 35.6 Å². The van der Waals surface area contributed by atoms with Gasteiger partial charge in [-0.2, -0.15) is 0 Å². The number of ketones is 1. The summed E-state index contributed by atoms with van der Waals surface area (Å²) < 4.78 is 8.35. The molecule has 0 amide bonds. The van der Waals surface area contributed by atoms with Crippen LogP contribution in [0.2, 0.25) is 0 Å². The number of ether oxygens (including phenoxy) is 1. The lowest BCUT2D eigenvalue weighted by molar-refractivity contribution is -0.150. The van der Waals surface area contributed by atoms with E-state index in [9.17, 15) is 9.59 Å². The molecule has 0 spiro atoms. The Labute approximate surface area is 237 Å². The van der Waals surface area contributed by atoms with Gasteiger partial charge in [0.15, 0.2) is 5.78 Å². The highest BCUT2D eigenvalue weighted by Crippen LogP contribution is 2.61. The van der Waals surface area contributed by atoms with E-state index in [1.807, 2.05) is 6.07 Å². The number of esters is 1. The minimum atomic E-state index is -0.164. The highest BCUT2D eigenvalue weighted by atomic mass is 16.5. The third-order valence-corrected chi connectivity index (χ3v) is 10.4. The number of carbonyl (C=O) groups is 2. The topological polar surface area (TPSA) is 60.7 Å². The Kier molecular flexibility index (Phi) is 6.64. The molecule has 1 saturated carbocycles. The Hall–Kier alpha value is -3.21. The van der Waals surface area contributed by atoms with E-state index in [1.54, 1.807) is 0 Å². The van der Waals surface area contributed by atoms with Crippen LogP contribution in [0.1, 0.15) is 94.9 Å². The predicted molar refractivity (Wildman–Crippen MR) is 156 cm³/mol. The minimum Gasteiger partial charge on any atom is -0.462 e. The van der Waals surface area contributed by atoms with Crippen molar-refractivity contribution in [1.29, 1.82) is 0 Å². The molecule has 2 fully saturated rings. The smallest absolute Gasteiger partial charge is 0.306 e. The number of hydrogen-bond acceptors (Lipinski definition) is 4. The zero-order chi connectivity index (χ0) is 27.4. The van der Waals surface area contributed by atoms with Crippen LogP contribution in [0.15, 0.2) is 60.3 Å². The molecule has 7 atom stereocenters. The van der Waals surface area contributed by atoms with E-state index in [2.05, 4.69) is 66.9 Å². The maximum absolute atomic E-state index is 13.9. The number of allylic oxidation sites excluding steroid dienone is 2. The second-order valence-corrected chi connectivity index (χ2v) is 12.7. The van der Waals surface area contributed by atoms with Crippen molar-refractivity contribution in [2.75, 3.05) is 0 Å². The second kappa shape index (κ2) is 10.3. The molecule has 4 aliphatic rings. The highest BCUT2D eigenvalue weighted by Gasteiger charge is 2.54. The van der Waals surface area contributed by atoms with Gasteiger partial charge < -0.3 is 9.14 Å². The summed E-state index contributed by atoms with van der Waals surface area (Å²) in [5.41, 5.74) is 6.65. The molecular weight excluding hydrogens is 496 g/mol. The molecule has 7 rings (SSSR count). The highest BCUT2D eigenvalue weighted by molar-refractivity contribution is 5.99. The molecule has 3 aromatic rings. The van der Waals surface area contributed by atoms with Crippen LogP contribution >= 0.6 is 0 Å². The lowest BCUT2D eigenvalue weighted by atomic mass is 9.66. The Morgan fingerprint density at radius 3 is 2.58 bits per heavy atom. The lowest BCUT2D eigenvalue weighted by Crippen LogP contribution is -2.33. The van der Waals surface area contributed by atoms with Gasteiger partial charge in [-0.15, -0.1) is 0 Å². The Morgan fingerprint density at radius 2 is 1.75 bits per heavy atom. The molecule has 1 aliphatic heterocycles. The van der Waals surface area contributed by atoms with Gasteiger partial charge in [-0.05, 0) is 79.2 Å². The molecular formula is C35H40N2O3.